The molecule has 11 heavy (non-hydrogen) atoms. The van der Waals surface area contributed by atoms with Crippen LogP contribution in [-0.4, -0.2) is 38.3 Å². The van der Waals surface area contributed by atoms with E-state index in [4.69, 9.17) is 4.74 Å². The molecule has 0 unspecified atom stereocenters. The van der Waals surface area contributed by atoms with Crippen LogP contribution in [0.1, 0.15) is 12.8 Å². The highest BCUT2D eigenvalue weighted by atomic mass is 16.5. The standard InChI is InChI=1S/C7H15NO.C2H2/c1-8-5-3-4-7(8)6-9-2;1-2/h7H,3-6H2,1-2H3;1-2H/t7-;/m0./s1. The van der Waals surface area contributed by atoms with Gasteiger partial charge in [0.2, 0.25) is 0 Å². The largest absolute Gasteiger partial charge is 0.383 e. The van der Waals surface area contributed by atoms with Gasteiger partial charge in [0.25, 0.3) is 0 Å². The van der Waals surface area contributed by atoms with E-state index in [2.05, 4.69) is 24.8 Å². The van der Waals surface area contributed by atoms with Crippen LogP contribution < -0.4 is 0 Å². The molecule has 0 aromatic heterocycles. The van der Waals surface area contributed by atoms with Gasteiger partial charge in [-0.05, 0) is 26.4 Å². The third-order valence-electron chi connectivity index (χ3n) is 2.03. The fourth-order valence-corrected chi connectivity index (χ4v) is 1.38. The van der Waals surface area contributed by atoms with Crippen LogP contribution in [0, 0.1) is 12.8 Å². The van der Waals surface area contributed by atoms with Crippen LogP contribution in [0.15, 0.2) is 0 Å². The van der Waals surface area contributed by atoms with Crippen LogP contribution in [-0.2, 0) is 4.74 Å². The minimum Gasteiger partial charge on any atom is -0.383 e. The molecular weight excluding hydrogens is 138 g/mol. The Hall–Kier alpha value is -0.520. The molecule has 0 aromatic carbocycles. The number of hydrogen-bond acceptors (Lipinski definition) is 2. The first-order valence-electron chi connectivity index (χ1n) is 3.87. The molecule has 1 fully saturated rings. The highest BCUT2D eigenvalue weighted by Crippen LogP contribution is 2.13. The first-order valence-corrected chi connectivity index (χ1v) is 3.87. The van der Waals surface area contributed by atoms with Gasteiger partial charge in [-0.1, -0.05) is 0 Å². The zero-order valence-corrected chi connectivity index (χ0v) is 7.42. The lowest BCUT2D eigenvalue weighted by atomic mass is 10.2. The molecule has 1 aliphatic heterocycles. The van der Waals surface area contributed by atoms with Gasteiger partial charge < -0.3 is 9.64 Å². The molecule has 0 saturated carbocycles. The van der Waals surface area contributed by atoms with E-state index in [0.29, 0.717) is 6.04 Å². The van der Waals surface area contributed by atoms with E-state index in [-0.39, 0.29) is 0 Å². The Morgan fingerprint density at radius 3 is 2.55 bits per heavy atom. The molecule has 1 heterocycles. The van der Waals surface area contributed by atoms with Gasteiger partial charge in [-0.3, -0.25) is 0 Å². The highest BCUT2D eigenvalue weighted by Gasteiger charge is 2.19. The van der Waals surface area contributed by atoms with Crippen molar-refractivity contribution in [3.63, 3.8) is 0 Å². The second-order valence-corrected chi connectivity index (χ2v) is 2.73. The number of terminal acetylenes is 1. The number of ether oxygens (including phenoxy) is 1. The van der Waals surface area contributed by atoms with E-state index in [1.807, 2.05) is 0 Å². The van der Waals surface area contributed by atoms with E-state index in [1.54, 1.807) is 7.11 Å². The van der Waals surface area contributed by atoms with Crippen molar-refractivity contribution in [3.05, 3.63) is 0 Å². The highest BCUT2D eigenvalue weighted by molar-refractivity contribution is 4.75. The zero-order valence-electron chi connectivity index (χ0n) is 7.42. The Morgan fingerprint density at radius 1 is 1.55 bits per heavy atom. The van der Waals surface area contributed by atoms with Crippen molar-refractivity contribution in [2.24, 2.45) is 0 Å². The average molecular weight is 155 g/mol. The fraction of sp³-hybridized carbons (Fsp3) is 0.778. The van der Waals surface area contributed by atoms with Crippen LogP contribution in [0.25, 0.3) is 0 Å². The molecule has 0 aliphatic carbocycles. The molecular formula is C9H17NO. The maximum atomic E-state index is 5.05. The van der Waals surface area contributed by atoms with Crippen molar-refractivity contribution in [1.29, 1.82) is 0 Å². The molecule has 0 bridgehead atoms. The Kier molecular flexibility index (Phi) is 5.91. The minimum absolute atomic E-state index is 0.690. The van der Waals surface area contributed by atoms with Gasteiger partial charge in [-0.2, -0.15) is 0 Å². The SMILES string of the molecule is C#C.COC[C@@H]1CCCN1C. The zero-order chi connectivity index (χ0) is 8.69. The van der Waals surface area contributed by atoms with Crippen molar-refractivity contribution in [2.75, 3.05) is 27.3 Å². The average Bonchev–Trinajstić information content (AvgIpc) is 2.42. The third kappa shape index (κ3) is 3.41. The lowest BCUT2D eigenvalue weighted by Crippen LogP contribution is -2.28. The molecule has 1 saturated heterocycles. The number of nitrogens with zero attached hydrogens (tertiary/aromatic N) is 1. The van der Waals surface area contributed by atoms with Crippen LogP contribution in [0.4, 0.5) is 0 Å². The Balaban J connectivity index is 0.000000461. The summed E-state index contributed by atoms with van der Waals surface area (Å²) < 4.78 is 5.05. The summed E-state index contributed by atoms with van der Waals surface area (Å²) >= 11 is 0. The number of methoxy groups -OCH3 is 1. The number of likely N-dealkylation sites (tertiary alicyclic amines) is 1. The van der Waals surface area contributed by atoms with Gasteiger partial charge in [0.15, 0.2) is 0 Å². The van der Waals surface area contributed by atoms with E-state index >= 15 is 0 Å². The molecule has 0 aromatic rings. The van der Waals surface area contributed by atoms with Crippen molar-refractivity contribution in [1.82, 2.24) is 4.90 Å². The van der Waals surface area contributed by atoms with Gasteiger partial charge in [0, 0.05) is 13.2 Å². The molecule has 0 radical (unpaired) electrons. The van der Waals surface area contributed by atoms with Crippen LogP contribution in [0.5, 0.6) is 0 Å². The summed E-state index contributed by atoms with van der Waals surface area (Å²) in [6, 6.07) is 0.690. The van der Waals surface area contributed by atoms with E-state index < -0.39 is 0 Å². The Bertz CT molecular complexity index is 111. The summed E-state index contributed by atoms with van der Waals surface area (Å²) in [4.78, 5) is 2.36. The van der Waals surface area contributed by atoms with Crippen LogP contribution in [0.3, 0.4) is 0 Å². The summed E-state index contributed by atoms with van der Waals surface area (Å²) in [7, 11) is 3.93. The molecule has 1 rings (SSSR count). The van der Waals surface area contributed by atoms with Gasteiger partial charge in [-0.25, -0.2) is 0 Å². The maximum Gasteiger partial charge on any atom is 0.0617 e. The topological polar surface area (TPSA) is 12.5 Å². The van der Waals surface area contributed by atoms with E-state index in [1.165, 1.54) is 19.4 Å². The van der Waals surface area contributed by atoms with Crippen molar-refractivity contribution < 1.29 is 4.74 Å². The molecule has 1 atom stereocenters. The lowest BCUT2D eigenvalue weighted by Gasteiger charge is -2.17. The van der Waals surface area contributed by atoms with Gasteiger partial charge in [0.1, 0.15) is 0 Å². The van der Waals surface area contributed by atoms with Gasteiger partial charge in [0.05, 0.1) is 6.61 Å². The maximum absolute atomic E-state index is 5.05. The van der Waals surface area contributed by atoms with Crippen molar-refractivity contribution >= 4 is 0 Å². The summed E-state index contributed by atoms with van der Waals surface area (Å²) in [5.41, 5.74) is 0. The lowest BCUT2D eigenvalue weighted by molar-refractivity contribution is 0.129. The predicted molar refractivity (Wildman–Crippen MR) is 47.4 cm³/mol. The first kappa shape index (κ1) is 10.5. The molecule has 0 spiro atoms. The number of rotatable bonds is 2. The Labute approximate surface area is 69.5 Å². The van der Waals surface area contributed by atoms with E-state index in [0.717, 1.165) is 6.61 Å². The summed E-state index contributed by atoms with van der Waals surface area (Å²) in [5.74, 6) is 0. The Morgan fingerprint density at radius 2 is 2.18 bits per heavy atom. The minimum atomic E-state index is 0.690. The fourth-order valence-electron chi connectivity index (χ4n) is 1.38. The monoisotopic (exact) mass is 155 g/mol. The summed E-state index contributed by atoms with van der Waals surface area (Å²) in [6.07, 6.45) is 10.6. The van der Waals surface area contributed by atoms with Crippen LogP contribution in [0.2, 0.25) is 0 Å². The number of hydrogen-bond donors (Lipinski definition) is 0. The van der Waals surface area contributed by atoms with Gasteiger partial charge >= 0.3 is 0 Å². The molecule has 0 N–H and O–H groups in total. The van der Waals surface area contributed by atoms with Crippen molar-refractivity contribution in [2.45, 2.75) is 18.9 Å². The first-order chi connectivity index (χ1) is 5.34. The third-order valence-corrected chi connectivity index (χ3v) is 2.03. The smallest absolute Gasteiger partial charge is 0.0617 e. The molecule has 2 nitrogen and oxygen atoms in total. The second kappa shape index (κ2) is 6.21. The summed E-state index contributed by atoms with van der Waals surface area (Å²) in [5, 5.41) is 0. The molecule has 1 aliphatic rings. The molecule has 0 amide bonds. The quantitative estimate of drug-likeness (QED) is 0.551. The molecule has 2 heteroatoms. The van der Waals surface area contributed by atoms with E-state index in [9.17, 15) is 0 Å². The number of likely N-dealkylation sites (N-methyl/N-ethyl adjacent to an activating group) is 1. The predicted octanol–water partition coefficient (Wildman–Crippen LogP) is 0.976. The van der Waals surface area contributed by atoms with Gasteiger partial charge in [-0.15, -0.1) is 12.8 Å². The van der Waals surface area contributed by atoms with Crippen LogP contribution >= 0.6 is 0 Å². The molecule has 64 valence electrons. The second-order valence-electron chi connectivity index (χ2n) is 2.73. The summed E-state index contributed by atoms with van der Waals surface area (Å²) in [6.45, 7) is 2.14. The normalized spacial score (nSPS) is 24.2. The van der Waals surface area contributed by atoms with Crippen molar-refractivity contribution in [3.8, 4) is 12.8 Å².